The van der Waals surface area contributed by atoms with Gasteiger partial charge in [-0.2, -0.15) is 0 Å². The van der Waals surface area contributed by atoms with E-state index in [2.05, 4.69) is 19.9 Å². The molecule has 0 radical (unpaired) electrons. The Bertz CT molecular complexity index is 534. The third kappa shape index (κ3) is 2.39. The zero-order valence-corrected chi connectivity index (χ0v) is 15.0. The van der Waals surface area contributed by atoms with Gasteiger partial charge in [0.1, 0.15) is 5.54 Å². The van der Waals surface area contributed by atoms with Gasteiger partial charge in [-0.15, -0.1) is 23.7 Å². The van der Waals surface area contributed by atoms with Crippen molar-refractivity contribution in [3.05, 3.63) is 22.4 Å². The summed E-state index contributed by atoms with van der Waals surface area (Å²) < 4.78 is 5.87. The number of amides is 1. The second-order valence-corrected chi connectivity index (χ2v) is 7.90. The van der Waals surface area contributed by atoms with Crippen molar-refractivity contribution >= 4 is 29.7 Å². The van der Waals surface area contributed by atoms with Crippen LogP contribution in [0.1, 0.15) is 31.6 Å². The Labute approximate surface area is 142 Å². The number of rotatable bonds is 3. The van der Waals surface area contributed by atoms with E-state index in [1.165, 1.54) is 4.88 Å². The molecule has 2 heterocycles. The van der Waals surface area contributed by atoms with Gasteiger partial charge in [-0.05, 0) is 24.3 Å². The van der Waals surface area contributed by atoms with Gasteiger partial charge < -0.3 is 15.4 Å². The lowest BCUT2D eigenvalue weighted by Gasteiger charge is -2.65. The highest BCUT2D eigenvalue weighted by atomic mass is 35.5. The first-order valence-electron chi connectivity index (χ1n) is 7.57. The zero-order chi connectivity index (χ0) is 15.3. The van der Waals surface area contributed by atoms with E-state index in [9.17, 15) is 4.79 Å². The molecular formula is C16H25ClN2O2S. The molecule has 1 aromatic heterocycles. The normalized spacial score (nSPS) is 32.4. The van der Waals surface area contributed by atoms with Gasteiger partial charge in [-0.1, -0.05) is 19.9 Å². The highest BCUT2D eigenvalue weighted by Gasteiger charge is 2.70. The van der Waals surface area contributed by atoms with Crippen molar-refractivity contribution in [1.82, 2.24) is 4.90 Å². The molecule has 0 bridgehead atoms. The number of fused-ring (bicyclic) bond motifs is 1. The first kappa shape index (κ1) is 17.7. The van der Waals surface area contributed by atoms with Gasteiger partial charge in [-0.25, -0.2) is 0 Å². The van der Waals surface area contributed by atoms with E-state index in [1.807, 2.05) is 18.5 Å². The number of hydrogen-bond donors (Lipinski definition) is 1. The number of likely N-dealkylation sites (N-methyl/N-ethyl adjacent to an activating group) is 1. The van der Waals surface area contributed by atoms with Crippen LogP contribution in [0.3, 0.4) is 0 Å². The van der Waals surface area contributed by atoms with Crippen LogP contribution in [-0.2, 0) is 16.1 Å². The molecule has 1 saturated heterocycles. The summed E-state index contributed by atoms with van der Waals surface area (Å²) in [5, 5.41) is 2.03. The summed E-state index contributed by atoms with van der Waals surface area (Å²) in [6.45, 7) is 5.55. The fourth-order valence-electron chi connectivity index (χ4n) is 4.03. The molecule has 1 aromatic rings. The molecule has 3 unspecified atom stereocenters. The van der Waals surface area contributed by atoms with Gasteiger partial charge >= 0.3 is 0 Å². The number of hydrogen-bond acceptors (Lipinski definition) is 4. The van der Waals surface area contributed by atoms with E-state index in [-0.39, 0.29) is 35.8 Å². The largest absolute Gasteiger partial charge is 0.377 e. The first-order chi connectivity index (χ1) is 9.89. The zero-order valence-electron chi connectivity index (χ0n) is 13.4. The summed E-state index contributed by atoms with van der Waals surface area (Å²) in [7, 11) is 1.85. The average molecular weight is 345 g/mol. The second-order valence-electron chi connectivity index (χ2n) is 6.87. The van der Waals surface area contributed by atoms with E-state index >= 15 is 0 Å². The summed E-state index contributed by atoms with van der Waals surface area (Å²) in [4.78, 5) is 16.0. The minimum atomic E-state index is -0.801. The lowest BCUT2D eigenvalue weighted by Crippen LogP contribution is -2.82. The van der Waals surface area contributed by atoms with Crippen molar-refractivity contribution in [1.29, 1.82) is 0 Å². The lowest BCUT2D eigenvalue weighted by molar-refractivity contribution is -0.229. The van der Waals surface area contributed by atoms with Crippen LogP contribution >= 0.6 is 23.7 Å². The van der Waals surface area contributed by atoms with E-state index < -0.39 is 5.54 Å². The number of ether oxygens (including phenoxy) is 1. The van der Waals surface area contributed by atoms with Crippen molar-refractivity contribution in [2.24, 2.45) is 17.1 Å². The van der Waals surface area contributed by atoms with E-state index in [0.29, 0.717) is 6.54 Å². The molecular weight excluding hydrogens is 320 g/mol. The van der Waals surface area contributed by atoms with Gasteiger partial charge in [0.05, 0.1) is 12.6 Å². The molecule has 0 aromatic carbocycles. The van der Waals surface area contributed by atoms with E-state index in [4.69, 9.17) is 10.5 Å². The van der Waals surface area contributed by atoms with Crippen LogP contribution in [-0.4, -0.2) is 36.1 Å². The smallest absolute Gasteiger partial charge is 0.243 e. The Hall–Kier alpha value is -0.620. The molecule has 4 nitrogen and oxygen atoms in total. The molecule has 124 valence electrons. The van der Waals surface area contributed by atoms with E-state index in [0.717, 1.165) is 19.4 Å². The Morgan fingerprint density at radius 3 is 2.91 bits per heavy atom. The lowest BCUT2D eigenvalue weighted by atomic mass is 9.46. The molecule has 3 atom stereocenters. The quantitative estimate of drug-likeness (QED) is 0.917. The maximum atomic E-state index is 13.0. The third-order valence-electron chi connectivity index (χ3n) is 5.36. The van der Waals surface area contributed by atoms with Crippen LogP contribution in [0.25, 0.3) is 0 Å². The number of halogens is 1. The molecule has 22 heavy (non-hydrogen) atoms. The fraction of sp³-hybridized carbons (Fsp3) is 0.688. The van der Waals surface area contributed by atoms with E-state index in [1.54, 1.807) is 16.2 Å². The maximum Gasteiger partial charge on any atom is 0.243 e. The van der Waals surface area contributed by atoms with Crippen LogP contribution in [0, 0.1) is 11.3 Å². The van der Waals surface area contributed by atoms with Gasteiger partial charge in [0.2, 0.25) is 5.91 Å². The predicted octanol–water partition coefficient (Wildman–Crippen LogP) is 2.66. The van der Waals surface area contributed by atoms with Crippen molar-refractivity contribution in [2.45, 2.75) is 44.9 Å². The molecule has 0 spiro atoms. The van der Waals surface area contributed by atoms with Crippen LogP contribution in [0.15, 0.2) is 17.5 Å². The fourth-order valence-corrected chi connectivity index (χ4v) is 4.79. The monoisotopic (exact) mass is 344 g/mol. The number of carbonyl (C=O) groups is 1. The first-order valence-corrected chi connectivity index (χ1v) is 8.45. The number of carbonyl (C=O) groups excluding carboxylic acids is 1. The Morgan fingerprint density at radius 1 is 1.55 bits per heavy atom. The third-order valence-corrected chi connectivity index (χ3v) is 6.22. The Kier molecular flexibility index (Phi) is 4.93. The Morgan fingerprint density at radius 2 is 2.27 bits per heavy atom. The summed E-state index contributed by atoms with van der Waals surface area (Å²) in [6, 6.07) is 4.06. The standard InChI is InChI=1S/C16H24N2O2S.ClH/c1-15(2)13-12(7-4-8-20-13)16(15,17)14(19)18(3)10-11-6-5-9-21-11;/h5-6,9,12-13H,4,7-8,10,17H2,1-3H3;1H. The molecule has 1 aliphatic heterocycles. The molecule has 2 aliphatic rings. The molecule has 1 amide bonds. The van der Waals surface area contributed by atoms with Crippen LogP contribution in [0.2, 0.25) is 0 Å². The molecule has 6 heteroatoms. The summed E-state index contributed by atoms with van der Waals surface area (Å²) >= 11 is 1.67. The second kappa shape index (κ2) is 6.11. The average Bonchev–Trinajstić information content (AvgIpc) is 2.98. The van der Waals surface area contributed by atoms with Gasteiger partial charge in [0.25, 0.3) is 0 Å². The van der Waals surface area contributed by atoms with Crippen molar-refractivity contribution < 1.29 is 9.53 Å². The minimum Gasteiger partial charge on any atom is -0.377 e. The van der Waals surface area contributed by atoms with Gasteiger partial charge in [0.15, 0.2) is 0 Å². The predicted molar refractivity (Wildman–Crippen MR) is 91.2 cm³/mol. The Balaban J connectivity index is 0.00000176. The van der Waals surface area contributed by atoms with Crippen LogP contribution < -0.4 is 5.73 Å². The van der Waals surface area contributed by atoms with Crippen molar-refractivity contribution in [2.75, 3.05) is 13.7 Å². The van der Waals surface area contributed by atoms with Crippen LogP contribution in [0.5, 0.6) is 0 Å². The number of nitrogens with two attached hydrogens (primary N) is 1. The summed E-state index contributed by atoms with van der Waals surface area (Å²) in [6.07, 6.45) is 2.11. The summed E-state index contributed by atoms with van der Waals surface area (Å²) in [5.74, 6) is 0.201. The highest BCUT2D eigenvalue weighted by molar-refractivity contribution is 7.09. The van der Waals surface area contributed by atoms with Gasteiger partial charge in [-0.3, -0.25) is 4.79 Å². The van der Waals surface area contributed by atoms with Gasteiger partial charge in [0, 0.05) is 29.9 Å². The van der Waals surface area contributed by atoms with Crippen LogP contribution in [0.4, 0.5) is 0 Å². The summed E-state index contributed by atoms with van der Waals surface area (Å²) in [5.41, 5.74) is 5.53. The molecule has 1 aliphatic carbocycles. The molecule has 3 rings (SSSR count). The molecule has 2 N–H and O–H groups in total. The number of nitrogens with zero attached hydrogens (tertiary/aromatic N) is 1. The van der Waals surface area contributed by atoms with Crippen molar-refractivity contribution in [3.63, 3.8) is 0 Å². The highest BCUT2D eigenvalue weighted by Crippen LogP contribution is 2.57. The molecule has 1 saturated carbocycles. The maximum absolute atomic E-state index is 13.0. The van der Waals surface area contributed by atoms with Crippen molar-refractivity contribution in [3.8, 4) is 0 Å². The molecule has 2 fully saturated rings. The number of thiophene rings is 1. The topological polar surface area (TPSA) is 55.6 Å². The SMILES string of the molecule is CN(Cc1cccs1)C(=O)C1(N)C2CCCOC2C1(C)C.Cl. The minimum absolute atomic E-state index is 0.